The number of aliphatic hydroxyl groups excluding tert-OH is 1. The summed E-state index contributed by atoms with van der Waals surface area (Å²) in [6.07, 6.45) is 1.45. The molecule has 0 spiro atoms. The van der Waals surface area contributed by atoms with Gasteiger partial charge in [0.25, 0.3) is 5.69 Å². The number of nitrogens with zero attached hydrogens (tertiary/aromatic N) is 2. The van der Waals surface area contributed by atoms with Crippen LogP contribution in [0, 0.1) is 10.1 Å². The molecule has 2 aromatic carbocycles. The molecule has 2 aliphatic heterocycles. The topological polar surface area (TPSA) is 91.1 Å². The van der Waals surface area contributed by atoms with Gasteiger partial charge in [0.05, 0.1) is 31.2 Å². The third-order valence-corrected chi connectivity index (χ3v) is 5.96. The van der Waals surface area contributed by atoms with Gasteiger partial charge in [0.2, 0.25) is 0 Å². The van der Waals surface area contributed by atoms with Gasteiger partial charge in [0.15, 0.2) is 17.6 Å². The maximum absolute atomic E-state index is 10.9. The van der Waals surface area contributed by atoms with E-state index in [-0.39, 0.29) is 23.3 Å². The van der Waals surface area contributed by atoms with Crippen molar-refractivity contribution in [2.45, 2.75) is 31.6 Å². The molecular weight excluding hydrogens is 400 g/mol. The number of non-ortho nitro benzene ring substituents is 1. The quantitative estimate of drug-likeness (QED) is 0.374. The summed E-state index contributed by atoms with van der Waals surface area (Å²) in [6.45, 7) is 4.35. The van der Waals surface area contributed by atoms with Crippen LogP contribution in [0.2, 0.25) is 0 Å². The second-order valence-electron chi connectivity index (χ2n) is 8.45. The first kappa shape index (κ1) is 21.5. The molecule has 8 heteroatoms. The van der Waals surface area contributed by atoms with Gasteiger partial charge in [-0.05, 0) is 24.3 Å². The van der Waals surface area contributed by atoms with Crippen LogP contribution in [-0.4, -0.2) is 66.2 Å². The second-order valence-corrected chi connectivity index (χ2v) is 8.45. The summed E-state index contributed by atoms with van der Waals surface area (Å²) >= 11 is 0. The van der Waals surface area contributed by atoms with E-state index in [0.717, 1.165) is 48.3 Å². The van der Waals surface area contributed by atoms with E-state index in [9.17, 15) is 15.2 Å². The molecule has 0 saturated carbocycles. The normalized spacial score (nSPS) is 20.4. The summed E-state index contributed by atoms with van der Waals surface area (Å²) in [4.78, 5) is 10.5. The molecule has 0 radical (unpaired) electrons. The standard InChI is InChI=1S/C23H29N2O6/c26-20(15-29-16-21-17-30-22-5-1-2-6-23(22)31-21)14-25(11-3-4-12-25)13-18-7-9-19(10-8-18)24(27)28/h1-2,5-10,20-21,26H,3-4,11-17H2/q+1/t20-,21-/m1/s1. The number of aliphatic hydroxyl groups is 1. The van der Waals surface area contributed by atoms with E-state index in [4.69, 9.17) is 14.2 Å². The Morgan fingerprint density at radius 2 is 1.84 bits per heavy atom. The number of fused-ring (bicyclic) bond motifs is 1. The van der Waals surface area contributed by atoms with Gasteiger partial charge in [-0.2, -0.15) is 0 Å². The summed E-state index contributed by atoms with van der Waals surface area (Å²) in [5.41, 5.74) is 1.15. The SMILES string of the molecule is O=[N+]([O-])c1ccc(C[N+]2(C[C@@H](O)COC[C@@H]3COc4ccccc4O3)CCCC2)cc1. The molecule has 2 aliphatic rings. The zero-order valence-corrected chi connectivity index (χ0v) is 17.5. The van der Waals surface area contributed by atoms with Gasteiger partial charge >= 0.3 is 0 Å². The molecule has 166 valence electrons. The van der Waals surface area contributed by atoms with Crippen molar-refractivity contribution in [3.8, 4) is 11.5 Å². The highest BCUT2D eigenvalue weighted by Gasteiger charge is 2.34. The molecule has 8 nitrogen and oxygen atoms in total. The number of rotatable bonds is 9. The van der Waals surface area contributed by atoms with Gasteiger partial charge in [-0.25, -0.2) is 0 Å². The first-order valence-corrected chi connectivity index (χ1v) is 10.8. The van der Waals surface area contributed by atoms with E-state index in [0.29, 0.717) is 25.5 Å². The molecule has 1 N–H and O–H groups in total. The average Bonchev–Trinajstić information content (AvgIpc) is 3.21. The number of hydrogen-bond donors (Lipinski definition) is 1. The van der Waals surface area contributed by atoms with Gasteiger partial charge < -0.3 is 23.8 Å². The minimum Gasteiger partial charge on any atom is -0.486 e. The summed E-state index contributed by atoms with van der Waals surface area (Å²) in [7, 11) is 0. The second kappa shape index (κ2) is 9.64. The molecule has 2 aromatic rings. The molecule has 1 saturated heterocycles. The van der Waals surface area contributed by atoms with Crippen molar-refractivity contribution in [1.29, 1.82) is 0 Å². The van der Waals surface area contributed by atoms with Crippen LogP contribution in [0.15, 0.2) is 48.5 Å². The van der Waals surface area contributed by atoms with Crippen molar-refractivity contribution in [1.82, 2.24) is 0 Å². The fraction of sp³-hybridized carbons (Fsp3) is 0.478. The number of ether oxygens (including phenoxy) is 3. The van der Waals surface area contributed by atoms with E-state index in [1.807, 2.05) is 36.4 Å². The molecule has 2 atom stereocenters. The minimum absolute atomic E-state index is 0.0988. The lowest BCUT2D eigenvalue weighted by atomic mass is 10.1. The molecule has 2 heterocycles. The van der Waals surface area contributed by atoms with Gasteiger partial charge in [0.1, 0.15) is 25.8 Å². The fourth-order valence-electron chi connectivity index (χ4n) is 4.50. The molecule has 0 amide bonds. The van der Waals surface area contributed by atoms with Crippen molar-refractivity contribution in [2.75, 3.05) is 39.5 Å². The summed E-state index contributed by atoms with van der Waals surface area (Å²) in [5.74, 6) is 1.46. The van der Waals surface area contributed by atoms with Crippen molar-refractivity contribution in [3.05, 3.63) is 64.2 Å². The predicted octanol–water partition coefficient (Wildman–Crippen LogP) is 2.92. The summed E-state index contributed by atoms with van der Waals surface area (Å²) in [5, 5.41) is 21.5. The van der Waals surface area contributed by atoms with E-state index in [1.165, 1.54) is 0 Å². The van der Waals surface area contributed by atoms with Crippen LogP contribution in [0.3, 0.4) is 0 Å². The Kier molecular flexibility index (Phi) is 6.70. The van der Waals surface area contributed by atoms with Crippen LogP contribution in [0.1, 0.15) is 18.4 Å². The highest BCUT2D eigenvalue weighted by Crippen LogP contribution is 2.31. The van der Waals surface area contributed by atoms with E-state index in [1.54, 1.807) is 12.1 Å². The third-order valence-electron chi connectivity index (χ3n) is 5.96. The zero-order chi connectivity index (χ0) is 21.7. The van der Waals surface area contributed by atoms with Crippen LogP contribution >= 0.6 is 0 Å². The molecule has 0 unspecified atom stereocenters. The van der Waals surface area contributed by atoms with Crippen molar-refractivity contribution >= 4 is 5.69 Å². The van der Waals surface area contributed by atoms with Crippen molar-refractivity contribution in [3.63, 3.8) is 0 Å². The van der Waals surface area contributed by atoms with Crippen LogP contribution in [0.4, 0.5) is 5.69 Å². The third kappa shape index (κ3) is 5.52. The molecule has 4 rings (SSSR count). The number of benzene rings is 2. The van der Waals surface area contributed by atoms with Gasteiger partial charge in [0, 0.05) is 30.5 Å². The molecule has 31 heavy (non-hydrogen) atoms. The summed E-state index contributed by atoms with van der Waals surface area (Å²) < 4.78 is 18.1. The fourth-order valence-corrected chi connectivity index (χ4v) is 4.50. The van der Waals surface area contributed by atoms with Crippen molar-refractivity contribution < 1.29 is 28.7 Å². The first-order valence-electron chi connectivity index (χ1n) is 10.8. The van der Waals surface area contributed by atoms with Crippen LogP contribution in [0.5, 0.6) is 11.5 Å². The van der Waals surface area contributed by atoms with Gasteiger partial charge in [-0.3, -0.25) is 10.1 Å². The largest absolute Gasteiger partial charge is 0.486 e. The molecule has 0 aliphatic carbocycles. The number of para-hydroxylation sites is 2. The first-order chi connectivity index (χ1) is 15.0. The van der Waals surface area contributed by atoms with Crippen LogP contribution < -0.4 is 9.47 Å². The zero-order valence-electron chi connectivity index (χ0n) is 17.5. The predicted molar refractivity (Wildman–Crippen MR) is 114 cm³/mol. The van der Waals surface area contributed by atoms with Gasteiger partial charge in [-0.1, -0.05) is 12.1 Å². The minimum atomic E-state index is -0.590. The maximum atomic E-state index is 10.9. The van der Waals surface area contributed by atoms with Crippen LogP contribution in [0.25, 0.3) is 0 Å². The van der Waals surface area contributed by atoms with E-state index in [2.05, 4.69) is 0 Å². The Morgan fingerprint density at radius 3 is 2.55 bits per heavy atom. The van der Waals surface area contributed by atoms with E-state index >= 15 is 0 Å². The van der Waals surface area contributed by atoms with Gasteiger partial charge in [-0.15, -0.1) is 0 Å². The number of hydrogen-bond acceptors (Lipinski definition) is 6. The molecule has 0 bridgehead atoms. The Labute approximate surface area is 181 Å². The van der Waals surface area contributed by atoms with Crippen LogP contribution in [-0.2, 0) is 11.3 Å². The molecule has 1 fully saturated rings. The highest BCUT2D eigenvalue weighted by molar-refractivity contribution is 5.40. The van der Waals surface area contributed by atoms with E-state index < -0.39 is 6.10 Å². The molecule has 0 aromatic heterocycles. The lowest BCUT2D eigenvalue weighted by Gasteiger charge is -2.36. The Balaban J connectivity index is 1.27. The monoisotopic (exact) mass is 429 g/mol. The highest BCUT2D eigenvalue weighted by atomic mass is 16.6. The number of nitro groups is 1. The Bertz CT molecular complexity index is 882. The maximum Gasteiger partial charge on any atom is 0.269 e. The lowest BCUT2D eigenvalue weighted by Crippen LogP contribution is -2.50. The number of quaternary nitrogens is 1. The lowest BCUT2D eigenvalue weighted by molar-refractivity contribution is -0.932. The smallest absolute Gasteiger partial charge is 0.269 e. The average molecular weight is 429 g/mol. The Hall–Kier alpha value is -2.68. The summed E-state index contributed by atoms with van der Waals surface area (Å²) in [6, 6.07) is 14.3. The molecular formula is C23H29N2O6+. The number of nitro benzene ring substituents is 1. The number of likely N-dealkylation sites (tertiary alicyclic amines) is 1. The van der Waals surface area contributed by atoms with Crippen molar-refractivity contribution in [2.24, 2.45) is 0 Å². The Morgan fingerprint density at radius 1 is 1.13 bits per heavy atom.